The molecule has 0 atom stereocenters. The molecule has 0 radical (unpaired) electrons. The second kappa shape index (κ2) is 8.34. The van der Waals surface area contributed by atoms with Gasteiger partial charge in [-0.2, -0.15) is 0 Å². The van der Waals surface area contributed by atoms with E-state index in [2.05, 4.69) is 31.0 Å². The van der Waals surface area contributed by atoms with Gasteiger partial charge in [0.1, 0.15) is 0 Å². The van der Waals surface area contributed by atoms with E-state index in [9.17, 15) is 4.79 Å². The zero-order chi connectivity index (χ0) is 14.1. The Hall–Kier alpha value is -1.79. The number of nitrogens with one attached hydrogen (secondary N) is 1. The molecule has 0 aliphatic heterocycles. The van der Waals surface area contributed by atoms with Gasteiger partial charge in [-0.25, -0.2) is 0 Å². The molecule has 0 saturated carbocycles. The van der Waals surface area contributed by atoms with Gasteiger partial charge in [0.2, 0.25) is 5.91 Å². The number of rotatable bonds is 5. The van der Waals surface area contributed by atoms with Gasteiger partial charge in [-0.1, -0.05) is 37.8 Å². The second-order valence-corrected chi connectivity index (χ2v) is 4.80. The van der Waals surface area contributed by atoms with Crippen LogP contribution < -0.4 is 5.32 Å². The average Bonchev–Trinajstić information content (AvgIpc) is 2.39. The third-order valence-electron chi connectivity index (χ3n) is 2.61. The molecule has 0 saturated heterocycles. The molecule has 0 spiro atoms. The van der Waals surface area contributed by atoms with Crippen molar-refractivity contribution in [2.75, 3.05) is 11.9 Å². The molecule has 0 aliphatic carbocycles. The summed E-state index contributed by atoms with van der Waals surface area (Å²) in [6, 6.07) is 7.46. The van der Waals surface area contributed by atoms with Gasteiger partial charge in [0, 0.05) is 18.4 Å². The number of amides is 1. The van der Waals surface area contributed by atoms with Crippen LogP contribution in [-0.2, 0) is 4.79 Å². The fourth-order valence-corrected chi connectivity index (χ4v) is 1.55. The zero-order valence-electron chi connectivity index (χ0n) is 11.6. The maximum atomic E-state index is 11.8. The van der Waals surface area contributed by atoms with Crippen LogP contribution in [0.25, 0.3) is 0 Å². The minimum atomic E-state index is 0.0186. The highest BCUT2D eigenvalue weighted by Crippen LogP contribution is 2.15. The van der Waals surface area contributed by atoms with Gasteiger partial charge in [0.15, 0.2) is 0 Å². The summed E-state index contributed by atoms with van der Waals surface area (Å²) in [4.78, 5) is 11.8. The molecular weight excluding hydrogens is 238 g/mol. The first-order chi connectivity index (χ1) is 9.13. The van der Waals surface area contributed by atoms with Crippen LogP contribution in [0.3, 0.4) is 0 Å². The van der Waals surface area contributed by atoms with Gasteiger partial charge >= 0.3 is 0 Å². The minimum Gasteiger partial charge on any atom is -0.395 e. The average molecular weight is 259 g/mol. The molecule has 0 heterocycles. The number of benzene rings is 1. The maximum absolute atomic E-state index is 11.8. The smallest absolute Gasteiger partial charge is 0.224 e. The number of para-hydroxylation sites is 1. The predicted molar refractivity (Wildman–Crippen MR) is 77.7 cm³/mol. The highest BCUT2D eigenvalue weighted by molar-refractivity contribution is 5.92. The number of aliphatic hydroxyl groups is 1. The fourth-order valence-electron chi connectivity index (χ4n) is 1.55. The van der Waals surface area contributed by atoms with E-state index in [1.54, 1.807) is 0 Å². The van der Waals surface area contributed by atoms with Crippen molar-refractivity contribution in [3.8, 4) is 11.8 Å². The summed E-state index contributed by atoms with van der Waals surface area (Å²) in [5.74, 6) is 6.36. The van der Waals surface area contributed by atoms with Gasteiger partial charge in [-0.3, -0.25) is 4.79 Å². The van der Waals surface area contributed by atoms with Crippen LogP contribution >= 0.6 is 0 Å². The molecule has 1 aromatic carbocycles. The SMILES string of the molecule is CC(C)CCC(=O)Nc1ccccc1C#CCCO. The van der Waals surface area contributed by atoms with E-state index in [0.717, 1.165) is 17.7 Å². The first kappa shape index (κ1) is 15.3. The Labute approximate surface area is 115 Å². The van der Waals surface area contributed by atoms with Crippen molar-refractivity contribution in [2.45, 2.75) is 33.1 Å². The molecule has 0 aliphatic rings. The first-order valence-corrected chi connectivity index (χ1v) is 6.62. The standard InChI is InChI=1S/C16H21NO2/c1-13(2)10-11-16(19)17-15-9-4-3-7-14(15)8-5-6-12-18/h3-4,7,9,13,18H,6,10-12H2,1-2H3,(H,17,19). The molecule has 1 amide bonds. The zero-order valence-corrected chi connectivity index (χ0v) is 11.6. The number of hydrogen-bond acceptors (Lipinski definition) is 2. The van der Waals surface area contributed by atoms with Crippen LogP contribution in [0.2, 0.25) is 0 Å². The van der Waals surface area contributed by atoms with E-state index in [1.165, 1.54) is 0 Å². The van der Waals surface area contributed by atoms with Gasteiger partial charge in [-0.05, 0) is 24.5 Å². The van der Waals surface area contributed by atoms with E-state index >= 15 is 0 Å². The summed E-state index contributed by atoms with van der Waals surface area (Å²) in [6.07, 6.45) is 1.84. The van der Waals surface area contributed by atoms with Gasteiger partial charge in [-0.15, -0.1) is 0 Å². The number of aliphatic hydroxyl groups excluding tert-OH is 1. The van der Waals surface area contributed by atoms with Crippen molar-refractivity contribution in [1.82, 2.24) is 0 Å². The molecule has 19 heavy (non-hydrogen) atoms. The van der Waals surface area contributed by atoms with Crippen molar-refractivity contribution < 1.29 is 9.90 Å². The monoisotopic (exact) mass is 259 g/mol. The topological polar surface area (TPSA) is 49.3 Å². The molecule has 2 N–H and O–H groups in total. The van der Waals surface area contributed by atoms with Crippen LogP contribution in [0, 0.1) is 17.8 Å². The first-order valence-electron chi connectivity index (χ1n) is 6.62. The predicted octanol–water partition coefficient (Wildman–Crippen LogP) is 2.80. The van der Waals surface area contributed by atoms with Crippen LogP contribution in [0.5, 0.6) is 0 Å². The molecule has 0 unspecified atom stereocenters. The van der Waals surface area contributed by atoms with Crippen LogP contribution in [0.15, 0.2) is 24.3 Å². The lowest BCUT2D eigenvalue weighted by atomic mass is 10.1. The van der Waals surface area contributed by atoms with E-state index in [-0.39, 0.29) is 12.5 Å². The summed E-state index contributed by atoms with van der Waals surface area (Å²) in [5, 5.41) is 11.6. The van der Waals surface area contributed by atoms with Gasteiger partial charge < -0.3 is 10.4 Å². The van der Waals surface area contributed by atoms with Crippen LogP contribution in [-0.4, -0.2) is 17.6 Å². The lowest BCUT2D eigenvalue weighted by Gasteiger charge is -2.08. The highest BCUT2D eigenvalue weighted by Gasteiger charge is 2.06. The Morgan fingerprint density at radius 3 is 2.79 bits per heavy atom. The number of carbonyl (C=O) groups is 1. The highest BCUT2D eigenvalue weighted by atomic mass is 16.2. The van der Waals surface area contributed by atoms with Crippen molar-refractivity contribution in [3.05, 3.63) is 29.8 Å². The quantitative estimate of drug-likeness (QED) is 0.799. The summed E-state index contributed by atoms with van der Waals surface area (Å²) in [7, 11) is 0. The van der Waals surface area contributed by atoms with Crippen LogP contribution in [0.4, 0.5) is 5.69 Å². The third-order valence-corrected chi connectivity index (χ3v) is 2.61. The minimum absolute atomic E-state index is 0.0186. The Morgan fingerprint density at radius 1 is 1.37 bits per heavy atom. The summed E-state index contributed by atoms with van der Waals surface area (Å²) >= 11 is 0. The van der Waals surface area contributed by atoms with E-state index in [4.69, 9.17) is 5.11 Å². The molecule has 3 heteroatoms. The van der Waals surface area contributed by atoms with E-state index in [1.807, 2.05) is 24.3 Å². The molecular formula is C16H21NO2. The fraction of sp³-hybridized carbons (Fsp3) is 0.438. The summed E-state index contributed by atoms with van der Waals surface area (Å²) in [6.45, 7) is 4.25. The number of anilines is 1. The van der Waals surface area contributed by atoms with Crippen LogP contribution in [0.1, 0.15) is 38.7 Å². The maximum Gasteiger partial charge on any atom is 0.224 e. The molecule has 0 aromatic heterocycles. The Morgan fingerprint density at radius 2 is 2.11 bits per heavy atom. The third kappa shape index (κ3) is 6.08. The largest absolute Gasteiger partial charge is 0.395 e. The van der Waals surface area contributed by atoms with Gasteiger partial charge in [0.05, 0.1) is 12.3 Å². The second-order valence-electron chi connectivity index (χ2n) is 4.80. The molecule has 1 aromatic rings. The summed E-state index contributed by atoms with van der Waals surface area (Å²) < 4.78 is 0. The van der Waals surface area contributed by atoms with Gasteiger partial charge in [0.25, 0.3) is 0 Å². The molecule has 1 rings (SSSR count). The van der Waals surface area contributed by atoms with E-state index < -0.39 is 0 Å². The lowest BCUT2D eigenvalue weighted by Crippen LogP contribution is -2.13. The molecule has 0 bridgehead atoms. The molecule has 102 valence electrons. The van der Waals surface area contributed by atoms with Crippen molar-refractivity contribution in [1.29, 1.82) is 0 Å². The molecule has 0 fully saturated rings. The van der Waals surface area contributed by atoms with E-state index in [0.29, 0.717) is 18.8 Å². The Kier molecular flexibility index (Phi) is 6.70. The Bertz CT molecular complexity index is 469. The Balaban J connectivity index is 2.68. The number of carbonyl (C=O) groups excluding carboxylic acids is 1. The van der Waals surface area contributed by atoms with Crippen molar-refractivity contribution in [3.63, 3.8) is 0 Å². The summed E-state index contributed by atoms with van der Waals surface area (Å²) in [5.41, 5.74) is 1.52. The van der Waals surface area contributed by atoms with Crippen molar-refractivity contribution >= 4 is 11.6 Å². The van der Waals surface area contributed by atoms with Crippen molar-refractivity contribution in [2.24, 2.45) is 5.92 Å². The normalized spacial score (nSPS) is 9.89. The number of hydrogen-bond donors (Lipinski definition) is 2. The lowest BCUT2D eigenvalue weighted by molar-refractivity contribution is -0.116. The molecule has 3 nitrogen and oxygen atoms in total.